The van der Waals surface area contributed by atoms with Gasteiger partial charge in [-0.15, -0.1) is 0 Å². The summed E-state index contributed by atoms with van der Waals surface area (Å²) < 4.78 is 6.13. The summed E-state index contributed by atoms with van der Waals surface area (Å²) in [5, 5.41) is 0. The summed E-state index contributed by atoms with van der Waals surface area (Å²) in [6.45, 7) is 4.54. The van der Waals surface area contributed by atoms with E-state index < -0.39 is 0 Å². The van der Waals surface area contributed by atoms with Crippen LogP contribution in [0, 0.1) is 6.07 Å². The number of rotatable bonds is 17. The van der Waals surface area contributed by atoms with Gasteiger partial charge in [0.25, 0.3) is 0 Å². The number of benzene rings is 1. The van der Waals surface area contributed by atoms with Crippen molar-refractivity contribution in [3.8, 4) is 5.75 Å². The van der Waals surface area contributed by atoms with Gasteiger partial charge in [0.2, 0.25) is 0 Å². The maximum absolute atomic E-state index is 6.13. The molecule has 0 aliphatic carbocycles. The van der Waals surface area contributed by atoms with E-state index >= 15 is 0 Å². The third-order valence-corrected chi connectivity index (χ3v) is 4.98. The van der Waals surface area contributed by atoms with Gasteiger partial charge in [-0.1, -0.05) is 103 Å². The first kappa shape index (κ1) is 22.1. The van der Waals surface area contributed by atoms with Crippen molar-refractivity contribution in [1.29, 1.82) is 0 Å². The summed E-state index contributed by atoms with van der Waals surface area (Å²) in [5.41, 5.74) is 0. The van der Waals surface area contributed by atoms with Crippen LogP contribution in [0.1, 0.15) is 110 Å². The molecule has 1 rings (SSSR count). The molecule has 0 bridgehead atoms. The molecule has 1 nitrogen and oxygen atoms in total. The van der Waals surface area contributed by atoms with Crippen LogP contribution in [0.3, 0.4) is 0 Å². The van der Waals surface area contributed by atoms with E-state index in [1.807, 2.05) is 24.3 Å². The second kappa shape index (κ2) is 16.5. The third-order valence-electron chi connectivity index (χ3n) is 4.98. The van der Waals surface area contributed by atoms with E-state index in [-0.39, 0.29) is 0 Å². The van der Waals surface area contributed by atoms with Crippen molar-refractivity contribution in [3.63, 3.8) is 0 Å². The molecule has 0 amide bonds. The van der Waals surface area contributed by atoms with E-state index in [1.54, 1.807) is 0 Å². The molecule has 1 unspecified atom stereocenters. The van der Waals surface area contributed by atoms with Crippen molar-refractivity contribution in [3.05, 3.63) is 30.3 Å². The molecule has 1 heteroatoms. The fourth-order valence-electron chi connectivity index (χ4n) is 3.44. The Kier molecular flexibility index (Phi) is 14.5. The Balaban J connectivity index is 1.96. The first-order valence-electron chi connectivity index (χ1n) is 11.0. The molecule has 25 heavy (non-hydrogen) atoms. The maximum Gasteiger partial charge on any atom is 0.119 e. The molecule has 0 fully saturated rings. The lowest BCUT2D eigenvalue weighted by atomic mass is 10.0. The quantitative estimate of drug-likeness (QED) is 0.259. The minimum atomic E-state index is 0.385. The van der Waals surface area contributed by atoms with Crippen LogP contribution < -0.4 is 4.74 Å². The normalized spacial score (nSPS) is 12.2. The summed E-state index contributed by atoms with van der Waals surface area (Å²) in [6, 6.07) is 11.0. The molecule has 1 aromatic carbocycles. The minimum Gasteiger partial charge on any atom is -0.490 e. The standard InChI is InChI=1S/C24H41O/c1-3-5-6-7-8-9-10-11-12-13-14-16-20-23(19-4-2)25-24-21-17-15-18-22-24/h17-18,21-23H,3-14,16,19-20H2,1-2H3. The Morgan fingerprint density at radius 1 is 0.680 bits per heavy atom. The zero-order valence-electron chi connectivity index (χ0n) is 16.9. The second-order valence-corrected chi connectivity index (χ2v) is 7.44. The van der Waals surface area contributed by atoms with Crippen molar-refractivity contribution in [1.82, 2.24) is 0 Å². The molecule has 0 aromatic heterocycles. The SMILES string of the molecule is CCCCCCCCCCCCCCC(CCC)Oc1cc[c]cc1. The Labute approximate surface area is 157 Å². The molecular weight excluding hydrogens is 304 g/mol. The lowest BCUT2D eigenvalue weighted by Gasteiger charge is -2.18. The van der Waals surface area contributed by atoms with Crippen molar-refractivity contribution in [2.45, 2.75) is 116 Å². The minimum absolute atomic E-state index is 0.385. The Morgan fingerprint density at radius 3 is 1.72 bits per heavy atom. The van der Waals surface area contributed by atoms with Crippen molar-refractivity contribution < 1.29 is 4.74 Å². The second-order valence-electron chi connectivity index (χ2n) is 7.44. The highest BCUT2D eigenvalue weighted by Gasteiger charge is 2.09. The van der Waals surface area contributed by atoms with Crippen LogP contribution in [0.25, 0.3) is 0 Å². The van der Waals surface area contributed by atoms with E-state index in [0.29, 0.717) is 6.10 Å². The number of hydrogen-bond donors (Lipinski definition) is 0. The van der Waals surface area contributed by atoms with Crippen LogP contribution in [0.5, 0.6) is 5.75 Å². The van der Waals surface area contributed by atoms with Crippen molar-refractivity contribution in [2.75, 3.05) is 0 Å². The molecule has 0 saturated carbocycles. The molecule has 0 aliphatic rings. The highest BCUT2D eigenvalue weighted by Crippen LogP contribution is 2.18. The highest BCUT2D eigenvalue weighted by molar-refractivity contribution is 5.20. The Hall–Kier alpha value is -0.980. The number of hydrogen-bond acceptors (Lipinski definition) is 1. The van der Waals surface area contributed by atoms with E-state index in [4.69, 9.17) is 4.74 Å². The molecule has 1 atom stereocenters. The highest BCUT2D eigenvalue weighted by atomic mass is 16.5. The average molecular weight is 346 g/mol. The average Bonchev–Trinajstić information content (AvgIpc) is 2.63. The van der Waals surface area contributed by atoms with Crippen LogP contribution in [0.4, 0.5) is 0 Å². The molecule has 1 radical (unpaired) electrons. The number of ether oxygens (including phenoxy) is 1. The fraction of sp³-hybridized carbons (Fsp3) is 0.750. The summed E-state index contributed by atoms with van der Waals surface area (Å²) in [6.07, 6.45) is 20.9. The zero-order valence-corrected chi connectivity index (χ0v) is 16.9. The summed E-state index contributed by atoms with van der Waals surface area (Å²) in [7, 11) is 0. The van der Waals surface area contributed by atoms with Crippen LogP contribution in [0.2, 0.25) is 0 Å². The molecular formula is C24H41O. The first-order valence-corrected chi connectivity index (χ1v) is 11.0. The van der Waals surface area contributed by atoms with Gasteiger partial charge in [0.15, 0.2) is 0 Å². The predicted molar refractivity (Wildman–Crippen MR) is 110 cm³/mol. The largest absolute Gasteiger partial charge is 0.490 e. The molecule has 0 N–H and O–H groups in total. The lowest BCUT2D eigenvalue weighted by molar-refractivity contribution is 0.175. The van der Waals surface area contributed by atoms with E-state index in [1.165, 1.54) is 89.9 Å². The van der Waals surface area contributed by atoms with Gasteiger partial charge >= 0.3 is 0 Å². The summed E-state index contributed by atoms with van der Waals surface area (Å²) in [4.78, 5) is 0. The summed E-state index contributed by atoms with van der Waals surface area (Å²) >= 11 is 0. The Morgan fingerprint density at radius 2 is 1.20 bits per heavy atom. The molecule has 0 spiro atoms. The molecule has 143 valence electrons. The molecule has 0 saturated heterocycles. The Bertz CT molecular complexity index is 373. The molecule has 0 aliphatic heterocycles. The van der Waals surface area contributed by atoms with Gasteiger partial charge in [-0.3, -0.25) is 0 Å². The van der Waals surface area contributed by atoms with Gasteiger partial charge in [-0.2, -0.15) is 0 Å². The third kappa shape index (κ3) is 13.0. The zero-order chi connectivity index (χ0) is 18.0. The van der Waals surface area contributed by atoms with E-state index in [9.17, 15) is 0 Å². The first-order chi connectivity index (χ1) is 12.4. The maximum atomic E-state index is 6.13. The van der Waals surface area contributed by atoms with Crippen LogP contribution >= 0.6 is 0 Å². The van der Waals surface area contributed by atoms with Crippen LogP contribution in [0.15, 0.2) is 24.3 Å². The topological polar surface area (TPSA) is 9.23 Å². The van der Waals surface area contributed by atoms with Crippen LogP contribution in [-0.2, 0) is 0 Å². The monoisotopic (exact) mass is 345 g/mol. The van der Waals surface area contributed by atoms with Gasteiger partial charge in [-0.25, -0.2) is 0 Å². The predicted octanol–water partition coefficient (Wildman–Crippen LogP) is 8.13. The van der Waals surface area contributed by atoms with Gasteiger partial charge < -0.3 is 4.74 Å². The fourth-order valence-corrected chi connectivity index (χ4v) is 3.44. The smallest absolute Gasteiger partial charge is 0.119 e. The summed E-state index contributed by atoms with van der Waals surface area (Å²) in [5.74, 6) is 0.996. The van der Waals surface area contributed by atoms with Crippen molar-refractivity contribution in [2.24, 2.45) is 0 Å². The van der Waals surface area contributed by atoms with E-state index in [2.05, 4.69) is 19.9 Å². The van der Waals surface area contributed by atoms with E-state index in [0.717, 1.165) is 12.2 Å². The molecule has 1 aromatic rings. The van der Waals surface area contributed by atoms with Gasteiger partial charge in [0.05, 0.1) is 6.10 Å². The van der Waals surface area contributed by atoms with Crippen molar-refractivity contribution >= 4 is 0 Å². The van der Waals surface area contributed by atoms with Gasteiger partial charge in [0.1, 0.15) is 5.75 Å². The molecule has 0 heterocycles. The number of unbranched alkanes of at least 4 members (excludes halogenated alkanes) is 11. The van der Waals surface area contributed by atoms with Gasteiger partial charge in [0, 0.05) is 0 Å². The lowest BCUT2D eigenvalue weighted by Crippen LogP contribution is -2.16. The van der Waals surface area contributed by atoms with Gasteiger partial charge in [-0.05, 0) is 37.5 Å². The van der Waals surface area contributed by atoms with Crippen LogP contribution in [-0.4, -0.2) is 6.10 Å².